The number of carbonyl (C=O) groups is 2. The molecule has 3 saturated carbocycles. The molecule has 3 aromatic heterocycles. The van der Waals surface area contributed by atoms with Gasteiger partial charge >= 0.3 is 0 Å². The molecular formula is C24H24FN5O2S. The summed E-state index contributed by atoms with van der Waals surface area (Å²) < 4.78 is 14.3. The maximum absolute atomic E-state index is 13.5. The topological polar surface area (TPSA) is 88.1 Å². The third kappa shape index (κ3) is 3.49. The summed E-state index contributed by atoms with van der Waals surface area (Å²) in [6, 6.07) is 2.98. The number of halogens is 1. The molecule has 33 heavy (non-hydrogen) atoms. The lowest BCUT2D eigenvalue weighted by molar-refractivity contribution is -0.164. The Hall–Kier alpha value is -2.94. The number of ketones is 1. The average molecular weight is 466 g/mol. The van der Waals surface area contributed by atoms with Crippen molar-refractivity contribution in [2.24, 2.45) is 17.3 Å². The molecule has 0 aromatic carbocycles. The van der Waals surface area contributed by atoms with Crippen molar-refractivity contribution in [1.29, 1.82) is 0 Å². The third-order valence-corrected chi connectivity index (χ3v) is 8.34. The van der Waals surface area contributed by atoms with E-state index in [4.69, 9.17) is 0 Å². The zero-order valence-corrected chi connectivity index (χ0v) is 19.1. The predicted octanol–water partition coefficient (Wildman–Crippen LogP) is 4.23. The van der Waals surface area contributed by atoms with Crippen LogP contribution in [0.5, 0.6) is 0 Å². The van der Waals surface area contributed by atoms with Gasteiger partial charge in [0, 0.05) is 37.0 Å². The van der Waals surface area contributed by atoms with Crippen LogP contribution in [0.3, 0.4) is 0 Å². The lowest BCUT2D eigenvalue weighted by atomic mass is 9.42. The van der Waals surface area contributed by atoms with E-state index in [-0.39, 0.29) is 23.3 Å². The van der Waals surface area contributed by atoms with E-state index in [9.17, 15) is 14.0 Å². The number of thiophene rings is 1. The van der Waals surface area contributed by atoms with E-state index < -0.39 is 5.82 Å². The molecule has 0 spiro atoms. The molecule has 4 heterocycles. The van der Waals surface area contributed by atoms with Gasteiger partial charge < -0.3 is 10.2 Å². The molecule has 1 aliphatic heterocycles. The molecular weight excluding hydrogens is 441 g/mol. The lowest BCUT2D eigenvalue weighted by Crippen LogP contribution is -2.58. The summed E-state index contributed by atoms with van der Waals surface area (Å²) in [6.07, 6.45) is 6.57. The number of nitrogens with zero attached hydrogens (tertiary/aromatic N) is 4. The van der Waals surface area contributed by atoms with Gasteiger partial charge in [0.25, 0.3) is 5.91 Å². The summed E-state index contributed by atoms with van der Waals surface area (Å²) in [6.45, 7) is 3.05. The van der Waals surface area contributed by atoms with Gasteiger partial charge in [0.2, 0.25) is 5.95 Å². The third-order valence-electron chi connectivity index (χ3n) is 7.43. The molecule has 1 amide bonds. The Morgan fingerprint density at radius 3 is 2.76 bits per heavy atom. The molecule has 2 bridgehead atoms. The van der Waals surface area contributed by atoms with Crippen LogP contribution in [0.2, 0.25) is 0 Å². The summed E-state index contributed by atoms with van der Waals surface area (Å²) in [7, 11) is 0. The van der Waals surface area contributed by atoms with E-state index >= 15 is 0 Å². The van der Waals surface area contributed by atoms with Crippen LogP contribution in [0.4, 0.5) is 10.3 Å². The Morgan fingerprint density at radius 1 is 1.27 bits per heavy atom. The van der Waals surface area contributed by atoms with Gasteiger partial charge in [-0.05, 0) is 55.2 Å². The fourth-order valence-corrected chi connectivity index (χ4v) is 6.14. The Bertz CT molecular complexity index is 1250. The first-order chi connectivity index (χ1) is 15.9. The van der Waals surface area contributed by atoms with Crippen molar-refractivity contribution in [2.75, 3.05) is 18.4 Å². The molecule has 4 fully saturated rings. The number of anilines is 1. The number of rotatable bonds is 7. The second-order valence-electron chi connectivity index (χ2n) is 9.80. The molecule has 7 rings (SSSR count). The Labute approximate surface area is 194 Å². The van der Waals surface area contributed by atoms with Crippen molar-refractivity contribution in [3.63, 3.8) is 0 Å². The van der Waals surface area contributed by atoms with E-state index in [0.29, 0.717) is 48.0 Å². The van der Waals surface area contributed by atoms with Gasteiger partial charge in [-0.3, -0.25) is 14.6 Å². The smallest absolute Gasteiger partial charge is 0.274 e. The molecule has 4 aliphatic rings. The Morgan fingerprint density at radius 2 is 2.06 bits per heavy atom. The highest BCUT2D eigenvalue weighted by molar-refractivity contribution is 7.17. The summed E-state index contributed by atoms with van der Waals surface area (Å²) in [4.78, 5) is 40.6. The van der Waals surface area contributed by atoms with Crippen molar-refractivity contribution in [3.8, 4) is 0 Å². The standard InChI is InChI=1S/C24H24FN5O2S/c1-13(16-5-17(25)10-26-9-16)27-23-28-18-2-3-33-21(18)20(29-23)22(32)30-11-14(12-30)4-19(31)24-6-15(7-24)8-24/h2-3,5,9-10,13-15H,4,6-8,11-12H2,1H3,(H,27,28,29)/t13-,15?,24?/m0/s1. The van der Waals surface area contributed by atoms with Gasteiger partial charge in [-0.2, -0.15) is 0 Å². The van der Waals surface area contributed by atoms with Crippen LogP contribution in [0.15, 0.2) is 29.9 Å². The quantitative estimate of drug-likeness (QED) is 0.562. The van der Waals surface area contributed by atoms with Crippen molar-refractivity contribution < 1.29 is 14.0 Å². The van der Waals surface area contributed by atoms with Crippen molar-refractivity contribution in [3.05, 3.63) is 47.0 Å². The molecule has 3 aliphatic carbocycles. The number of amides is 1. The highest BCUT2D eigenvalue weighted by Crippen LogP contribution is 2.65. The first-order valence-corrected chi connectivity index (χ1v) is 12.2. The number of hydrogen-bond donors (Lipinski definition) is 1. The number of carbonyl (C=O) groups excluding carboxylic acids is 2. The van der Waals surface area contributed by atoms with E-state index in [1.807, 2.05) is 18.4 Å². The van der Waals surface area contributed by atoms with E-state index in [1.54, 1.807) is 11.1 Å². The zero-order chi connectivity index (χ0) is 22.7. The molecule has 1 atom stereocenters. The molecule has 1 saturated heterocycles. The highest BCUT2D eigenvalue weighted by atomic mass is 32.1. The van der Waals surface area contributed by atoms with Gasteiger partial charge in [-0.15, -0.1) is 11.3 Å². The first-order valence-electron chi connectivity index (χ1n) is 11.3. The number of pyridine rings is 1. The normalized spacial score (nSPS) is 24.5. The van der Waals surface area contributed by atoms with Crippen molar-refractivity contribution >= 4 is 39.2 Å². The Kier molecular flexibility index (Phi) is 4.72. The predicted molar refractivity (Wildman–Crippen MR) is 122 cm³/mol. The first kappa shape index (κ1) is 20.7. The molecule has 3 aromatic rings. The summed E-state index contributed by atoms with van der Waals surface area (Å²) in [5.41, 5.74) is 1.72. The number of aromatic nitrogens is 3. The molecule has 170 valence electrons. The highest BCUT2D eigenvalue weighted by Gasteiger charge is 2.61. The molecule has 1 N–H and O–H groups in total. The van der Waals surface area contributed by atoms with Gasteiger partial charge in [0.15, 0.2) is 5.69 Å². The molecule has 7 nitrogen and oxygen atoms in total. The van der Waals surface area contributed by atoms with Crippen LogP contribution in [0.1, 0.15) is 54.7 Å². The number of Topliss-reactive ketones (excluding diaryl/α,β-unsaturated/α-hetero) is 1. The van der Waals surface area contributed by atoms with Crippen LogP contribution in [-0.4, -0.2) is 44.6 Å². The fraction of sp³-hybridized carbons (Fsp3) is 0.458. The monoisotopic (exact) mass is 465 g/mol. The van der Waals surface area contributed by atoms with Crippen LogP contribution in [-0.2, 0) is 4.79 Å². The number of hydrogen-bond acceptors (Lipinski definition) is 7. The minimum absolute atomic E-state index is 0.000659. The minimum Gasteiger partial charge on any atom is -0.348 e. The fourth-order valence-electron chi connectivity index (χ4n) is 5.33. The summed E-state index contributed by atoms with van der Waals surface area (Å²) >= 11 is 1.44. The SMILES string of the molecule is C[C@H](Nc1nc(C(=O)N2CC(CC(=O)C34CC(C3)C4)C2)c2sccc2n1)c1cncc(F)c1. The zero-order valence-electron chi connectivity index (χ0n) is 18.3. The van der Waals surface area contributed by atoms with Crippen molar-refractivity contribution in [1.82, 2.24) is 19.9 Å². The van der Waals surface area contributed by atoms with Crippen LogP contribution < -0.4 is 5.32 Å². The summed E-state index contributed by atoms with van der Waals surface area (Å²) in [5.74, 6) is 1.21. The van der Waals surface area contributed by atoms with Crippen molar-refractivity contribution in [2.45, 2.75) is 38.6 Å². The Balaban J connectivity index is 1.16. The molecule has 0 unspecified atom stereocenters. The maximum atomic E-state index is 13.5. The van der Waals surface area contributed by atoms with Gasteiger partial charge in [0.05, 0.1) is 22.5 Å². The van der Waals surface area contributed by atoms with E-state index in [1.165, 1.54) is 17.4 Å². The van der Waals surface area contributed by atoms with Crippen LogP contribution in [0.25, 0.3) is 10.2 Å². The summed E-state index contributed by atoms with van der Waals surface area (Å²) in [5, 5.41) is 5.06. The number of nitrogens with one attached hydrogen (secondary N) is 1. The minimum atomic E-state index is -0.411. The molecule has 0 radical (unpaired) electrons. The lowest BCUT2D eigenvalue weighted by Gasteiger charge is -2.61. The number of fused-ring (bicyclic) bond motifs is 1. The van der Waals surface area contributed by atoms with Crippen LogP contribution in [0, 0.1) is 23.1 Å². The van der Waals surface area contributed by atoms with E-state index in [2.05, 4.69) is 20.3 Å². The average Bonchev–Trinajstić information content (AvgIpc) is 3.15. The van der Waals surface area contributed by atoms with Gasteiger partial charge in [-0.1, -0.05) is 0 Å². The van der Waals surface area contributed by atoms with E-state index in [0.717, 1.165) is 36.1 Å². The second kappa shape index (κ2) is 7.55. The number of likely N-dealkylation sites (tertiary alicyclic amines) is 1. The maximum Gasteiger partial charge on any atom is 0.274 e. The second-order valence-corrected chi connectivity index (χ2v) is 10.7. The van der Waals surface area contributed by atoms with Crippen LogP contribution >= 0.6 is 11.3 Å². The van der Waals surface area contributed by atoms with Gasteiger partial charge in [-0.25, -0.2) is 14.4 Å². The van der Waals surface area contributed by atoms with Gasteiger partial charge in [0.1, 0.15) is 11.6 Å². The largest absolute Gasteiger partial charge is 0.348 e. The molecule has 9 heteroatoms.